The van der Waals surface area contributed by atoms with Crippen LogP contribution in [0.3, 0.4) is 0 Å². The van der Waals surface area contributed by atoms with E-state index < -0.39 is 100 Å². The van der Waals surface area contributed by atoms with E-state index in [-0.39, 0.29) is 5.69 Å². The van der Waals surface area contributed by atoms with Gasteiger partial charge >= 0.3 is 13.8 Å². The number of hydrogen-bond donors (Lipinski definition) is 2. The van der Waals surface area contributed by atoms with E-state index in [4.69, 9.17) is 4.74 Å². The summed E-state index contributed by atoms with van der Waals surface area (Å²) in [6, 6.07) is 4.85. The van der Waals surface area contributed by atoms with Gasteiger partial charge in [0.2, 0.25) is 21.3 Å². The second-order valence-corrected chi connectivity index (χ2v) is 13.5. The molecule has 0 fully saturated rings. The second-order valence-electron chi connectivity index (χ2n) is 9.42. The Morgan fingerprint density at radius 1 is 1.13 bits per heavy atom. The molecule has 0 radical (unpaired) electrons. The van der Waals surface area contributed by atoms with Crippen molar-refractivity contribution in [2.24, 2.45) is 5.92 Å². The average molecular weight is 607 g/mol. The van der Waals surface area contributed by atoms with Crippen molar-refractivity contribution in [3.05, 3.63) is 47.8 Å². The highest BCUT2D eigenvalue weighted by molar-refractivity contribution is 7.92. The van der Waals surface area contributed by atoms with Gasteiger partial charge in [-0.3, -0.25) is 4.57 Å². The number of fused-ring (bicyclic) bond motifs is 1. The van der Waals surface area contributed by atoms with Gasteiger partial charge in [-0.2, -0.15) is 13.2 Å². The molecule has 7 nitrogen and oxygen atoms in total. The molecule has 3 rings (SSSR count). The normalized spacial score (nSPS) is 20.7. The van der Waals surface area contributed by atoms with Gasteiger partial charge in [0.05, 0.1) is 21.8 Å². The van der Waals surface area contributed by atoms with Crippen LogP contribution in [0.15, 0.2) is 41.3 Å². The molecule has 1 heterocycles. The summed E-state index contributed by atoms with van der Waals surface area (Å²) in [6.07, 6.45) is -6.73. The van der Waals surface area contributed by atoms with Gasteiger partial charge in [-0.1, -0.05) is 0 Å². The third-order valence-corrected chi connectivity index (χ3v) is 9.41. The van der Waals surface area contributed by atoms with Gasteiger partial charge in [0.25, 0.3) is 0 Å². The molecule has 2 aromatic rings. The average Bonchev–Trinajstić information content (AvgIpc) is 2.87. The van der Waals surface area contributed by atoms with E-state index in [2.05, 4.69) is 0 Å². The Kier molecular flexibility index (Phi) is 8.72. The molecule has 2 N–H and O–H groups in total. The Morgan fingerprint density at radius 3 is 2.23 bits per heavy atom. The van der Waals surface area contributed by atoms with Crippen molar-refractivity contribution in [2.75, 3.05) is 18.1 Å². The number of alkyl halides is 6. The van der Waals surface area contributed by atoms with Crippen molar-refractivity contribution in [3.63, 3.8) is 0 Å². The summed E-state index contributed by atoms with van der Waals surface area (Å²) < 4.78 is 141. The number of benzene rings is 2. The molecule has 16 heteroatoms. The summed E-state index contributed by atoms with van der Waals surface area (Å²) in [7, 11) is -9.89. The number of nitrogens with zero attached hydrogens (tertiary/aromatic N) is 1. The highest BCUT2D eigenvalue weighted by Gasteiger charge is 2.45. The van der Waals surface area contributed by atoms with Crippen LogP contribution in [-0.4, -0.2) is 48.4 Å². The number of hydrogen-bond acceptors (Lipinski definition) is 5. The highest BCUT2D eigenvalue weighted by Crippen LogP contribution is 2.48. The molecule has 0 saturated heterocycles. The molecular formula is C23H25F7NO6PS. The number of ether oxygens (including phenoxy) is 1. The molecule has 218 valence electrons. The first-order chi connectivity index (χ1) is 17.7. The Morgan fingerprint density at radius 2 is 1.72 bits per heavy atom. The topological polar surface area (TPSA) is 104 Å². The molecule has 0 bridgehead atoms. The van der Waals surface area contributed by atoms with Crippen LogP contribution in [0.1, 0.15) is 32.3 Å². The molecule has 1 aliphatic rings. The van der Waals surface area contributed by atoms with Gasteiger partial charge < -0.3 is 19.4 Å². The fourth-order valence-electron chi connectivity index (χ4n) is 3.95. The van der Waals surface area contributed by atoms with Crippen LogP contribution in [0.2, 0.25) is 0 Å². The van der Waals surface area contributed by atoms with Crippen molar-refractivity contribution in [1.82, 2.24) is 0 Å². The van der Waals surface area contributed by atoms with E-state index in [0.717, 1.165) is 36.1 Å². The Labute approximate surface area is 219 Å². The zero-order chi connectivity index (χ0) is 29.6. The number of anilines is 2. The fraction of sp³-hybridized carbons (Fsp3) is 0.478. The largest absolute Gasteiger partial charge is 0.492 e. The third kappa shape index (κ3) is 7.24. The van der Waals surface area contributed by atoms with Gasteiger partial charge in [0.1, 0.15) is 18.2 Å². The lowest BCUT2D eigenvalue weighted by Crippen LogP contribution is -2.32. The summed E-state index contributed by atoms with van der Waals surface area (Å²) in [5.41, 5.74) is -6.60. The molecule has 2 aromatic carbocycles. The Balaban J connectivity index is 2.24. The van der Waals surface area contributed by atoms with Crippen LogP contribution in [0.4, 0.5) is 42.1 Å². The smallest absolute Gasteiger partial charge is 0.420 e. The molecular weight excluding hydrogens is 582 g/mol. The van der Waals surface area contributed by atoms with Gasteiger partial charge in [-0.15, -0.1) is 0 Å². The maximum absolute atomic E-state index is 15.5. The lowest BCUT2D eigenvalue weighted by atomic mass is 10.00. The molecule has 0 aliphatic carbocycles. The zero-order valence-electron chi connectivity index (χ0n) is 20.5. The van der Waals surface area contributed by atoms with Crippen molar-refractivity contribution in [1.29, 1.82) is 0 Å². The van der Waals surface area contributed by atoms with Gasteiger partial charge in [-0.25, -0.2) is 26.0 Å². The first kappa shape index (κ1) is 31.2. The summed E-state index contributed by atoms with van der Waals surface area (Å²) in [6.45, 7) is -0.0328. The standard InChI is InChI=1S/C23H25F7NO6PS/c1-13(38(32,33)34)12-37-19-10-20-18(9-17(19)23(28,29)30)31(16-5-3-15(24)4-6-16)11-14(7-8-22(2,26)27)21(25)39(20,35)36/h3-6,9-10,13-14,21H,7-8,11-12H2,1-2H3,(H2,32,33,34)/t13-,14-,21+/m1/s1. The van der Waals surface area contributed by atoms with E-state index in [1.54, 1.807) is 0 Å². The van der Waals surface area contributed by atoms with E-state index in [1.807, 2.05) is 0 Å². The van der Waals surface area contributed by atoms with E-state index in [0.29, 0.717) is 19.1 Å². The quantitative estimate of drug-likeness (QED) is 0.278. The predicted molar refractivity (Wildman–Crippen MR) is 127 cm³/mol. The summed E-state index contributed by atoms with van der Waals surface area (Å²) >= 11 is 0. The first-order valence-electron chi connectivity index (χ1n) is 11.4. The van der Waals surface area contributed by atoms with E-state index in [9.17, 15) is 49.1 Å². The predicted octanol–water partition coefficient (Wildman–Crippen LogP) is 6.06. The van der Waals surface area contributed by atoms with Crippen LogP contribution < -0.4 is 9.64 Å². The second kappa shape index (κ2) is 10.9. The van der Waals surface area contributed by atoms with Crippen molar-refractivity contribution < 1.29 is 58.2 Å². The molecule has 39 heavy (non-hydrogen) atoms. The molecule has 0 saturated carbocycles. The van der Waals surface area contributed by atoms with Crippen molar-refractivity contribution in [3.8, 4) is 5.75 Å². The minimum Gasteiger partial charge on any atom is -0.492 e. The highest BCUT2D eigenvalue weighted by atomic mass is 32.2. The van der Waals surface area contributed by atoms with Gasteiger partial charge in [-0.05, 0) is 50.6 Å². The molecule has 3 atom stereocenters. The zero-order valence-corrected chi connectivity index (χ0v) is 22.2. The Hall–Kier alpha value is -2.35. The van der Waals surface area contributed by atoms with Crippen LogP contribution in [-0.2, 0) is 20.6 Å². The van der Waals surface area contributed by atoms with Crippen molar-refractivity contribution in [2.45, 2.75) is 54.8 Å². The van der Waals surface area contributed by atoms with Crippen molar-refractivity contribution >= 4 is 28.8 Å². The van der Waals surface area contributed by atoms with Crippen LogP contribution >= 0.6 is 7.60 Å². The molecule has 0 amide bonds. The lowest BCUT2D eigenvalue weighted by molar-refractivity contribution is -0.139. The van der Waals surface area contributed by atoms with Crippen LogP contribution in [0.5, 0.6) is 5.75 Å². The molecule has 0 unspecified atom stereocenters. The number of halogens is 7. The summed E-state index contributed by atoms with van der Waals surface area (Å²) in [5, 5.41) is 0. The van der Waals surface area contributed by atoms with Gasteiger partial charge in [0, 0.05) is 30.6 Å². The van der Waals surface area contributed by atoms with E-state index >= 15 is 4.39 Å². The summed E-state index contributed by atoms with van der Waals surface area (Å²) in [5.74, 6) is -6.77. The van der Waals surface area contributed by atoms with Gasteiger partial charge in [0.15, 0.2) is 0 Å². The maximum Gasteiger partial charge on any atom is 0.420 e. The SMILES string of the molecule is C[C@H](COc1cc2c(cc1C(F)(F)F)N(c1ccc(F)cc1)C[C@@H](CCC(C)(F)F)[C@@H](F)S2(=O)=O)P(=O)(O)O. The monoisotopic (exact) mass is 607 g/mol. The summed E-state index contributed by atoms with van der Waals surface area (Å²) in [4.78, 5) is 18.5. The first-order valence-corrected chi connectivity index (χ1v) is 14.7. The third-order valence-electron chi connectivity index (χ3n) is 6.19. The van der Waals surface area contributed by atoms with E-state index in [1.165, 1.54) is 0 Å². The number of rotatable bonds is 8. The molecule has 1 aliphatic heterocycles. The minimum atomic E-state index is -5.17. The molecule has 0 aromatic heterocycles. The maximum atomic E-state index is 15.5. The minimum absolute atomic E-state index is 0.0351. The van der Waals surface area contributed by atoms with Crippen LogP contribution in [0, 0.1) is 11.7 Å². The Bertz CT molecular complexity index is 1340. The fourth-order valence-corrected chi connectivity index (χ4v) is 5.93. The molecule has 0 spiro atoms. The van der Waals surface area contributed by atoms with Crippen LogP contribution in [0.25, 0.3) is 0 Å². The lowest BCUT2D eigenvalue weighted by Gasteiger charge is -2.29. The number of sulfone groups is 1.